The van der Waals surface area contributed by atoms with Crippen LogP contribution >= 0.6 is 11.6 Å². The van der Waals surface area contributed by atoms with Gasteiger partial charge >= 0.3 is 11.8 Å². The van der Waals surface area contributed by atoms with E-state index in [2.05, 4.69) is 16.0 Å². The van der Waals surface area contributed by atoms with E-state index in [4.69, 9.17) is 16.3 Å². The Morgan fingerprint density at radius 3 is 2.27 bits per heavy atom. The van der Waals surface area contributed by atoms with Crippen molar-refractivity contribution in [2.75, 3.05) is 23.1 Å². The Morgan fingerprint density at radius 2 is 1.65 bits per heavy atom. The summed E-state index contributed by atoms with van der Waals surface area (Å²) in [7, 11) is 1.43. The topological polar surface area (TPSA) is 96.5 Å². The minimum Gasteiger partial charge on any atom is -0.497 e. The monoisotopic (exact) mass is 379 g/mol. The molecule has 0 bridgehead atoms. The molecule has 2 rings (SSSR count). The van der Waals surface area contributed by atoms with Gasteiger partial charge in [-0.25, -0.2) is 4.39 Å². The van der Waals surface area contributed by atoms with Crippen molar-refractivity contribution in [3.8, 4) is 5.75 Å². The van der Waals surface area contributed by atoms with E-state index in [9.17, 15) is 18.8 Å². The van der Waals surface area contributed by atoms with Gasteiger partial charge in [0.2, 0.25) is 5.91 Å². The quantitative estimate of drug-likeness (QED) is 0.711. The summed E-state index contributed by atoms with van der Waals surface area (Å²) in [6.45, 7) is 1.30. The van der Waals surface area contributed by atoms with Crippen molar-refractivity contribution in [1.29, 1.82) is 0 Å². The molecule has 3 amide bonds. The van der Waals surface area contributed by atoms with Gasteiger partial charge in [-0.1, -0.05) is 11.6 Å². The molecule has 0 aliphatic carbocycles. The zero-order chi connectivity index (χ0) is 19.3. The van der Waals surface area contributed by atoms with Crippen LogP contribution in [-0.2, 0) is 14.4 Å². The van der Waals surface area contributed by atoms with Crippen molar-refractivity contribution in [2.24, 2.45) is 0 Å². The van der Waals surface area contributed by atoms with E-state index in [0.29, 0.717) is 5.75 Å². The minimum atomic E-state index is -1.02. The maximum Gasteiger partial charge on any atom is 0.314 e. The third-order valence-corrected chi connectivity index (χ3v) is 3.48. The van der Waals surface area contributed by atoms with Crippen LogP contribution in [0.2, 0.25) is 5.02 Å². The molecule has 136 valence electrons. The van der Waals surface area contributed by atoms with Crippen LogP contribution in [0.25, 0.3) is 0 Å². The molecule has 0 aliphatic heterocycles. The maximum atomic E-state index is 13.4. The number of hydrogen-bond donors (Lipinski definition) is 3. The van der Waals surface area contributed by atoms with Gasteiger partial charge in [-0.15, -0.1) is 0 Å². The van der Waals surface area contributed by atoms with Crippen LogP contribution in [0.5, 0.6) is 5.75 Å². The fraction of sp³-hybridized carbons (Fsp3) is 0.118. The summed E-state index contributed by atoms with van der Waals surface area (Å²) < 4.78 is 18.5. The molecule has 0 unspecified atom stereocenters. The third-order valence-electron chi connectivity index (χ3n) is 3.17. The average molecular weight is 380 g/mol. The Kier molecular flexibility index (Phi) is 6.13. The number of nitrogens with one attached hydrogen (secondary N) is 3. The summed E-state index contributed by atoms with van der Waals surface area (Å²) >= 11 is 5.56. The lowest BCUT2D eigenvalue weighted by atomic mass is 10.2. The number of methoxy groups -OCH3 is 1. The summed E-state index contributed by atoms with van der Waals surface area (Å²) in [5.74, 6) is -2.71. The molecule has 0 spiro atoms. The molecule has 2 aromatic carbocycles. The lowest BCUT2D eigenvalue weighted by Crippen LogP contribution is -2.29. The van der Waals surface area contributed by atoms with Gasteiger partial charge in [-0.2, -0.15) is 0 Å². The van der Waals surface area contributed by atoms with E-state index in [-0.39, 0.29) is 28.0 Å². The molecule has 3 N–H and O–H groups in total. The summed E-state index contributed by atoms with van der Waals surface area (Å²) in [6.07, 6.45) is 0. The van der Waals surface area contributed by atoms with Crippen LogP contribution in [0.4, 0.5) is 21.5 Å². The Balaban J connectivity index is 2.15. The number of halogens is 2. The summed E-state index contributed by atoms with van der Waals surface area (Å²) in [5, 5.41) is 7.04. The van der Waals surface area contributed by atoms with E-state index < -0.39 is 17.6 Å². The molecular weight excluding hydrogens is 365 g/mol. The highest BCUT2D eigenvalue weighted by atomic mass is 35.5. The zero-order valence-electron chi connectivity index (χ0n) is 13.9. The van der Waals surface area contributed by atoms with Gasteiger partial charge in [0, 0.05) is 18.7 Å². The van der Waals surface area contributed by atoms with Crippen LogP contribution < -0.4 is 20.7 Å². The molecular formula is C17H15ClFN3O4. The first-order valence-electron chi connectivity index (χ1n) is 7.33. The second-order valence-corrected chi connectivity index (χ2v) is 5.54. The van der Waals surface area contributed by atoms with E-state index >= 15 is 0 Å². The van der Waals surface area contributed by atoms with Gasteiger partial charge in [-0.3, -0.25) is 14.4 Å². The van der Waals surface area contributed by atoms with Gasteiger partial charge in [0.15, 0.2) is 0 Å². The molecule has 0 saturated heterocycles. The lowest BCUT2D eigenvalue weighted by Gasteiger charge is -2.13. The summed E-state index contributed by atoms with van der Waals surface area (Å²) in [5.41, 5.74) is 0.527. The number of amides is 3. The molecule has 9 heteroatoms. The van der Waals surface area contributed by atoms with Gasteiger partial charge in [-0.05, 0) is 30.3 Å². The molecule has 0 fully saturated rings. The second-order valence-electron chi connectivity index (χ2n) is 5.13. The van der Waals surface area contributed by atoms with E-state index in [1.54, 1.807) is 6.07 Å². The molecule has 0 aliphatic rings. The van der Waals surface area contributed by atoms with Gasteiger partial charge < -0.3 is 20.7 Å². The SMILES string of the molecule is COc1ccc(NC(C)=O)c(NC(=O)C(=O)Nc2ccc(Cl)c(F)c2)c1. The molecule has 0 saturated carbocycles. The Morgan fingerprint density at radius 1 is 0.962 bits per heavy atom. The number of rotatable bonds is 4. The normalized spacial score (nSPS) is 10.0. The lowest BCUT2D eigenvalue weighted by molar-refractivity contribution is -0.132. The van der Waals surface area contributed by atoms with Crippen molar-refractivity contribution in [3.05, 3.63) is 47.2 Å². The van der Waals surface area contributed by atoms with E-state index in [0.717, 1.165) is 6.07 Å². The molecule has 0 radical (unpaired) electrons. The molecule has 26 heavy (non-hydrogen) atoms. The van der Waals surface area contributed by atoms with Crippen molar-refractivity contribution in [1.82, 2.24) is 0 Å². The first-order chi connectivity index (χ1) is 12.3. The standard InChI is InChI=1S/C17H15ClFN3O4/c1-9(23)20-14-6-4-11(26-2)8-15(14)22-17(25)16(24)21-10-3-5-12(18)13(19)7-10/h3-8H,1-2H3,(H,20,23)(H,21,24)(H,22,25). The van der Waals surface area contributed by atoms with Crippen LogP contribution in [0.15, 0.2) is 36.4 Å². The molecule has 2 aromatic rings. The zero-order valence-corrected chi connectivity index (χ0v) is 14.6. The van der Waals surface area contributed by atoms with Gasteiger partial charge in [0.25, 0.3) is 0 Å². The predicted molar refractivity (Wildman–Crippen MR) is 96.0 cm³/mol. The number of carbonyl (C=O) groups excluding carboxylic acids is 3. The largest absolute Gasteiger partial charge is 0.497 e. The molecule has 0 atom stereocenters. The van der Waals surface area contributed by atoms with Crippen LogP contribution in [-0.4, -0.2) is 24.8 Å². The highest BCUT2D eigenvalue weighted by Gasteiger charge is 2.17. The van der Waals surface area contributed by atoms with Crippen LogP contribution in [0.1, 0.15) is 6.92 Å². The highest BCUT2D eigenvalue weighted by Crippen LogP contribution is 2.27. The van der Waals surface area contributed by atoms with Gasteiger partial charge in [0.1, 0.15) is 11.6 Å². The summed E-state index contributed by atoms with van der Waals surface area (Å²) in [4.78, 5) is 35.4. The number of anilines is 3. The first-order valence-corrected chi connectivity index (χ1v) is 7.71. The fourth-order valence-corrected chi connectivity index (χ4v) is 2.11. The van der Waals surface area contributed by atoms with Crippen molar-refractivity contribution in [2.45, 2.75) is 6.92 Å². The maximum absolute atomic E-state index is 13.4. The average Bonchev–Trinajstić information content (AvgIpc) is 2.59. The number of carbonyl (C=O) groups is 3. The molecule has 7 nitrogen and oxygen atoms in total. The third kappa shape index (κ3) is 4.93. The van der Waals surface area contributed by atoms with Crippen LogP contribution in [0, 0.1) is 5.82 Å². The highest BCUT2D eigenvalue weighted by molar-refractivity contribution is 6.44. The van der Waals surface area contributed by atoms with E-state index in [1.165, 1.54) is 38.3 Å². The Labute approximate surface area is 153 Å². The molecule has 0 heterocycles. The number of benzene rings is 2. The first kappa shape index (κ1) is 19.2. The number of ether oxygens (including phenoxy) is 1. The number of hydrogen-bond acceptors (Lipinski definition) is 4. The van der Waals surface area contributed by atoms with Crippen molar-refractivity contribution >= 4 is 46.4 Å². The minimum absolute atomic E-state index is 0.0692. The molecule has 0 aromatic heterocycles. The predicted octanol–water partition coefficient (Wildman–Crippen LogP) is 3.02. The fourth-order valence-electron chi connectivity index (χ4n) is 1.99. The van der Waals surface area contributed by atoms with Crippen molar-refractivity contribution < 1.29 is 23.5 Å². The summed E-state index contributed by atoms with van der Waals surface area (Å²) in [6, 6.07) is 8.13. The Hall–Kier alpha value is -3.13. The Bertz CT molecular complexity index is 873. The van der Waals surface area contributed by atoms with Crippen molar-refractivity contribution in [3.63, 3.8) is 0 Å². The smallest absolute Gasteiger partial charge is 0.314 e. The second kappa shape index (κ2) is 8.30. The van der Waals surface area contributed by atoms with Gasteiger partial charge in [0.05, 0.1) is 23.5 Å². The van der Waals surface area contributed by atoms with E-state index in [1.807, 2.05) is 0 Å². The van der Waals surface area contributed by atoms with Crippen LogP contribution in [0.3, 0.4) is 0 Å².